The number of halogens is 3. The monoisotopic (exact) mass is 433 g/mol. The predicted octanol–water partition coefficient (Wildman–Crippen LogP) is 5.22. The quantitative estimate of drug-likeness (QED) is 0.498. The largest absolute Gasteiger partial charge is 0.486 e. The Kier molecular flexibility index (Phi) is 5.99. The second-order valence-electron chi connectivity index (χ2n) is 6.06. The fraction of sp³-hybridized carbons (Fsp3) is 0.0952. The highest BCUT2D eigenvalue weighted by Gasteiger charge is 2.30. The van der Waals surface area contributed by atoms with Crippen LogP contribution in [-0.4, -0.2) is 8.42 Å². The van der Waals surface area contributed by atoms with Crippen molar-refractivity contribution in [3.05, 3.63) is 88.7 Å². The first-order valence-corrected chi connectivity index (χ1v) is 9.99. The lowest BCUT2D eigenvalue weighted by atomic mass is 10.2. The van der Waals surface area contributed by atoms with E-state index in [0.717, 1.165) is 18.2 Å². The Morgan fingerprint density at radius 1 is 1.07 bits per heavy atom. The zero-order chi connectivity index (χ0) is 21.8. The van der Waals surface area contributed by atoms with E-state index in [0.29, 0.717) is 0 Å². The lowest BCUT2D eigenvalue weighted by Gasteiger charge is -2.09. The molecule has 0 atom stereocenters. The summed E-state index contributed by atoms with van der Waals surface area (Å²) in [6, 6.07) is 16.4. The number of nitriles is 1. The number of rotatable bonds is 6. The van der Waals surface area contributed by atoms with Crippen LogP contribution in [0.4, 0.5) is 13.2 Å². The van der Waals surface area contributed by atoms with Crippen LogP contribution in [0.1, 0.15) is 17.1 Å². The average Bonchev–Trinajstić information content (AvgIpc) is 3.18. The third-order valence-corrected chi connectivity index (χ3v) is 5.63. The van der Waals surface area contributed by atoms with Gasteiger partial charge in [0.1, 0.15) is 29.9 Å². The summed E-state index contributed by atoms with van der Waals surface area (Å²) in [4.78, 5) is -0.536. The van der Waals surface area contributed by atoms with Gasteiger partial charge >= 0.3 is 6.18 Å². The summed E-state index contributed by atoms with van der Waals surface area (Å²) in [5.74, 6) is 0.337. The first-order chi connectivity index (χ1) is 14.2. The van der Waals surface area contributed by atoms with Crippen LogP contribution in [0.2, 0.25) is 0 Å². The van der Waals surface area contributed by atoms with Crippen LogP contribution < -0.4 is 4.74 Å². The number of furan rings is 1. The van der Waals surface area contributed by atoms with E-state index in [1.165, 1.54) is 48.5 Å². The summed E-state index contributed by atoms with van der Waals surface area (Å²) in [5.41, 5.74) is -0.840. The van der Waals surface area contributed by atoms with E-state index in [1.54, 1.807) is 12.1 Å². The summed E-state index contributed by atoms with van der Waals surface area (Å²) >= 11 is 0. The van der Waals surface area contributed by atoms with Crippen LogP contribution in [0.15, 0.2) is 80.9 Å². The molecule has 0 N–H and O–H groups in total. The van der Waals surface area contributed by atoms with E-state index < -0.39 is 26.5 Å². The van der Waals surface area contributed by atoms with Gasteiger partial charge in [-0.1, -0.05) is 24.3 Å². The van der Waals surface area contributed by atoms with Gasteiger partial charge in [-0.2, -0.15) is 18.4 Å². The highest BCUT2D eigenvalue weighted by atomic mass is 32.2. The van der Waals surface area contributed by atoms with Gasteiger partial charge in [-0.3, -0.25) is 0 Å². The zero-order valence-electron chi connectivity index (χ0n) is 15.3. The first-order valence-electron chi connectivity index (χ1n) is 8.51. The molecule has 0 aliphatic carbocycles. The fourth-order valence-corrected chi connectivity index (χ4v) is 3.65. The maximum absolute atomic E-state index is 12.8. The van der Waals surface area contributed by atoms with Gasteiger partial charge in [-0.05, 0) is 42.5 Å². The molecule has 9 heteroatoms. The van der Waals surface area contributed by atoms with Crippen LogP contribution >= 0.6 is 0 Å². The highest BCUT2D eigenvalue weighted by Crippen LogP contribution is 2.31. The standard InChI is InChI=1S/C21H14F3NO4S/c22-21(23,24)15-5-4-6-16(11-15)28-14-18-10-9-17(29-18)12-20(13-25)30(26,27)19-7-2-1-3-8-19/h1-12H,14H2. The summed E-state index contributed by atoms with van der Waals surface area (Å²) in [6.45, 7) is -0.178. The smallest absolute Gasteiger partial charge is 0.416 e. The molecule has 3 rings (SSSR count). The second kappa shape index (κ2) is 8.47. The number of alkyl halides is 3. The van der Waals surface area contributed by atoms with Crippen molar-refractivity contribution in [1.29, 1.82) is 5.26 Å². The van der Waals surface area contributed by atoms with Gasteiger partial charge in [-0.25, -0.2) is 8.42 Å². The number of hydrogen-bond acceptors (Lipinski definition) is 5. The predicted molar refractivity (Wildman–Crippen MR) is 102 cm³/mol. The van der Waals surface area contributed by atoms with Crippen molar-refractivity contribution < 1.29 is 30.7 Å². The Bertz CT molecular complexity index is 1210. The van der Waals surface area contributed by atoms with Crippen molar-refractivity contribution in [1.82, 2.24) is 0 Å². The Morgan fingerprint density at radius 3 is 2.47 bits per heavy atom. The SMILES string of the molecule is N#CC(=Cc1ccc(COc2cccc(C(F)(F)F)c2)o1)S(=O)(=O)c1ccccc1. The van der Waals surface area contributed by atoms with Gasteiger partial charge in [0.2, 0.25) is 9.84 Å². The van der Waals surface area contributed by atoms with Crippen molar-refractivity contribution in [2.24, 2.45) is 0 Å². The topological polar surface area (TPSA) is 80.3 Å². The molecule has 0 bridgehead atoms. The Hall–Kier alpha value is -3.51. The van der Waals surface area contributed by atoms with E-state index in [4.69, 9.17) is 9.15 Å². The van der Waals surface area contributed by atoms with Crippen molar-refractivity contribution >= 4 is 15.9 Å². The van der Waals surface area contributed by atoms with Gasteiger partial charge in [0, 0.05) is 6.08 Å². The van der Waals surface area contributed by atoms with Crippen LogP contribution in [0.5, 0.6) is 5.75 Å². The minimum atomic E-state index is -4.49. The summed E-state index contributed by atoms with van der Waals surface area (Å²) < 4.78 is 74.1. The molecule has 1 aromatic heterocycles. The molecule has 0 unspecified atom stereocenters. The van der Waals surface area contributed by atoms with Crippen LogP contribution in [0, 0.1) is 11.3 Å². The van der Waals surface area contributed by atoms with Gasteiger partial charge in [0.25, 0.3) is 0 Å². The van der Waals surface area contributed by atoms with Gasteiger partial charge in [0.15, 0.2) is 4.91 Å². The molecule has 0 amide bonds. The zero-order valence-corrected chi connectivity index (χ0v) is 16.1. The molecule has 154 valence electrons. The molecule has 5 nitrogen and oxygen atoms in total. The third kappa shape index (κ3) is 4.90. The summed E-state index contributed by atoms with van der Waals surface area (Å²) in [6.07, 6.45) is -3.41. The van der Waals surface area contributed by atoms with Gasteiger partial charge in [0.05, 0.1) is 10.5 Å². The maximum Gasteiger partial charge on any atom is 0.416 e. The summed E-state index contributed by atoms with van der Waals surface area (Å²) in [5, 5.41) is 9.28. The van der Waals surface area contributed by atoms with E-state index in [9.17, 15) is 26.9 Å². The Balaban J connectivity index is 1.76. The molecule has 0 aliphatic rings. The van der Waals surface area contributed by atoms with Crippen LogP contribution in [0.25, 0.3) is 6.08 Å². The molecular formula is C21H14F3NO4S. The molecule has 0 saturated heterocycles. The number of allylic oxidation sites excluding steroid dienone is 1. The third-order valence-electron chi connectivity index (χ3n) is 3.95. The lowest BCUT2D eigenvalue weighted by molar-refractivity contribution is -0.137. The van der Waals surface area contributed by atoms with Crippen molar-refractivity contribution in [2.45, 2.75) is 17.7 Å². The van der Waals surface area contributed by atoms with Crippen molar-refractivity contribution in [2.75, 3.05) is 0 Å². The molecule has 2 aromatic carbocycles. The Labute approximate surface area is 170 Å². The number of benzene rings is 2. The molecule has 30 heavy (non-hydrogen) atoms. The minimum absolute atomic E-state index is 0.00249. The van der Waals surface area contributed by atoms with E-state index in [2.05, 4.69) is 0 Å². The van der Waals surface area contributed by atoms with E-state index in [-0.39, 0.29) is 28.8 Å². The lowest BCUT2D eigenvalue weighted by Crippen LogP contribution is -2.05. The summed E-state index contributed by atoms with van der Waals surface area (Å²) in [7, 11) is -4.01. The highest BCUT2D eigenvalue weighted by molar-refractivity contribution is 7.95. The maximum atomic E-state index is 12.8. The molecule has 0 spiro atoms. The second-order valence-corrected chi connectivity index (χ2v) is 7.97. The molecule has 3 aromatic rings. The van der Waals surface area contributed by atoms with Gasteiger partial charge in [-0.15, -0.1) is 0 Å². The van der Waals surface area contributed by atoms with Crippen molar-refractivity contribution in [3.8, 4) is 11.8 Å². The molecule has 0 aliphatic heterocycles. The molecule has 0 fully saturated rings. The molecule has 1 heterocycles. The number of hydrogen-bond donors (Lipinski definition) is 0. The Morgan fingerprint density at radius 2 is 1.80 bits per heavy atom. The van der Waals surface area contributed by atoms with Crippen LogP contribution in [0.3, 0.4) is 0 Å². The average molecular weight is 433 g/mol. The minimum Gasteiger partial charge on any atom is -0.486 e. The van der Waals surface area contributed by atoms with E-state index in [1.807, 2.05) is 0 Å². The number of sulfone groups is 1. The van der Waals surface area contributed by atoms with Crippen molar-refractivity contribution in [3.63, 3.8) is 0 Å². The number of nitrogens with zero attached hydrogens (tertiary/aromatic N) is 1. The van der Waals surface area contributed by atoms with Gasteiger partial charge < -0.3 is 9.15 Å². The normalized spacial score (nSPS) is 12.4. The number of ether oxygens (including phenoxy) is 1. The first kappa shape index (κ1) is 21.2. The van der Waals surface area contributed by atoms with E-state index >= 15 is 0 Å². The molecular weight excluding hydrogens is 419 g/mol. The molecule has 0 saturated carbocycles. The van der Waals surface area contributed by atoms with Crippen LogP contribution in [-0.2, 0) is 22.6 Å². The molecule has 0 radical (unpaired) electrons. The fourth-order valence-electron chi connectivity index (χ4n) is 2.49.